The number of hydrogen-bond acceptors (Lipinski definition) is 5. The molecule has 148 valence electrons. The summed E-state index contributed by atoms with van der Waals surface area (Å²) in [6, 6.07) is 4.66. The Morgan fingerprint density at radius 1 is 1.36 bits per heavy atom. The lowest BCUT2D eigenvalue weighted by molar-refractivity contribution is -0.0512. The minimum Gasteiger partial charge on any atom is -0.493 e. The third-order valence-electron chi connectivity index (χ3n) is 5.08. The van der Waals surface area contributed by atoms with Gasteiger partial charge >= 0.3 is 6.61 Å². The average molecular weight is 406 g/mol. The van der Waals surface area contributed by atoms with Crippen molar-refractivity contribution >= 4 is 21.6 Å². The van der Waals surface area contributed by atoms with E-state index in [1.165, 1.54) is 18.1 Å². The standard InChI is InChI=1S/C20H20F2N2O3S/c1-11-3-5-13-16(7-11)28-18-17(13)19(25)24(10-23-18)9-12-4-6-14(27-20(21)22)15(8-12)26-2/h4,6,8,10-11,20H,3,5,7,9H2,1-2H3/t11-/m0/s1. The van der Waals surface area contributed by atoms with E-state index in [0.717, 1.165) is 40.6 Å². The molecule has 0 spiro atoms. The molecular formula is C20H20F2N2O3S. The second kappa shape index (κ2) is 7.50. The van der Waals surface area contributed by atoms with E-state index in [9.17, 15) is 13.6 Å². The SMILES string of the molecule is COc1cc(Cn2cnc3sc4c(c3c2=O)CC[C@H](C)C4)ccc1OC(F)F. The molecule has 0 radical (unpaired) electrons. The Kier molecular flexibility index (Phi) is 5.05. The number of methoxy groups -OCH3 is 1. The largest absolute Gasteiger partial charge is 0.493 e. The van der Waals surface area contributed by atoms with Crippen LogP contribution in [-0.2, 0) is 19.4 Å². The first-order valence-electron chi connectivity index (χ1n) is 9.07. The molecule has 1 aromatic carbocycles. The lowest BCUT2D eigenvalue weighted by Crippen LogP contribution is -2.22. The van der Waals surface area contributed by atoms with Crippen LogP contribution in [0.3, 0.4) is 0 Å². The zero-order valence-electron chi connectivity index (χ0n) is 15.6. The molecule has 0 aliphatic heterocycles. The Labute approximate surface area is 164 Å². The maximum Gasteiger partial charge on any atom is 0.387 e. The van der Waals surface area contributed by atoms with E-state index in [0.29, 0.717) is 5.92 Å². The minimum absolute atomic E-state index is 0.0387. The van der Waals surface area contributed by atoms with Crippen LogP contribution in [0.2, 0.25) is 0 Å². The normalized spacial score (nSPS) is 16.4. The summed E-state index contributed by atoms with van der Waals surface area (Å²) in [6.45, 7) is -0.427. The second-order valence-electron chi connectivity index (χ2n) is 7.07. The highest BCUT2D eigenvalue weighted by atomic mass is 32.1. The molecule has 0 unspecified atom stereocenters. The summed E-state index contributed by atoms with van der Waals surface area (Å²) in [7, 11) is 1.38. The fraction of sp³-hybridized carbons (Fsp3) is 0.400. The van der Waals surface area contributed by atoms with Gasteiger partial charge in [0.1, 0.15) is 4.83 Å². The van der Waals surface area contributed by atoms with Crippen molar-refractivity contribution in [2.24, 2.45) is 5.92 Å². The van der Waals surface area contributed by atoms with E-state index in [-0.39, 0.29) is 23.6 Å². The molecule has 0 fully saturated rings. The maximum atomic E-state index is 13.1. The molecule has 2 heterocycles. The van der Waals surface area contributed by atoms with Crippen LogP contribution in [0.15, 0.2) is 29.3 Å². The van der Waals surface area contributed by atoms with Gasteiger partial charge in [0.25, 0.3) is 5.56 Å². The summed E-state index contributed by atoms with van der Waals surface area (Å²) in [5.41, 5.74) is 1.81. The number of aryl methyl sites for hydroxylation is 1. The Morgan fingerprint density at radius 2 is 2.18 bits per heavy atom. The van der Waals surface area contributed by atoms with Gasteiger partial charge in [-0.05, 0) is 48.4 Å². The number of alkyl halides is 2. The van der Waals surface area contributed by atoms with Gasteiger partial charge in [0.15, 0.2) is 11.5 Å². The van der Waals surface area contributed by atoms with Crippen molar-refractivity contribution in [1.82, 2.24) is 9.55 Å². The van der Waals surface area contributed by atoms with Gasteiger partial charge in [-0.3, -0.25) is 9.36 Å². The van der Waals surface area contributed by atoms with Gasteiger partial charge in [-0.15, -0.1) is 11.3 Å². The van der Waals surface area contributed by atoms with Crippen LogP contribution in [0.25, 0.3) is 10.2 Å². The fourth-order valence-corrected chi connectivity index (χ4v) is 5.02. The van der Waals surface area contributed by atoms with Crippen molar-refractivity contribution in [3.8, 4) is 11.5 Å². The molecule has 28 heavy (non-hydrogen) atoms. The van der Waals surface area contributed by atoms with Crippen molar-refractivity contribution in [3.05, 3.63) is 50.9 Å². The summed E-state index contributed by atoms with van der Waals surface area (Å²) in [4.78, 5) is 19.6. The second-order valence-corrected chi connectivity index (χ2v) is 8.16. The predicted octanol–water partition coefficient (Wildman–Crippen LogP) is 4.24. The minimum atomic E-state index is -2.93. The highest BCUT2D eigenvalue weighted by molar-refractivity contribution is 7.18. The van der Waals surface area contributed by atoms with E-state index >= 15 is 0 Å². The van der Waals surface area contributed by atoms with E-state index < -0.39 is 6.61 Å². The summed E-state index contributed by atoms with van der Waals surface area (Å²) >= 11 is 1.61. The Hall–Kier alpha value is -2.48. The van der Waals surface area contributed by atoms with Gasteiger partial charge in [-0.25, -0.2) is 4.98 Å². The van der Waals surface area contributed by atoms with Crippen molar-refractivity contribution in [1.29, 1.82) is 0 Å². The number of ether oxygens (including phenoxy) is 2. The van der Waals surface area contributed by atoms with Crippen molar-refractivity contribution in [2.45, 2.75) is 39.3 Å². The van der Waals surface area contributed by atoms with Crippen molar-refractivity contribution < 1.29 is 18.3 Å². The molecule has 0 amide bonds. The van der Waals surface area contributed by atoms with Gasteiger partial charge in [-0.1, -0.05) is 13.0 Å². The Morgan fingerprint density at radius 3 is 2.93 bits per heavy atom. The molecule has 1 aliphatic rings. The number of fused-ring (bicyclic) bond motifs is 3. The molecule has 4 rings (SSSR count). The highest BCUT2D eigenvalue weighted by Crippen LogP contribution is 2.35. The highest BCUT2D eigenvalue weighted by Gasteiger charge is 2.23. The van der Waals surface area contributed by atoms with Gasteiger partial charge in [0, 0.05) is 4.88 Å². The molecule has 3 aromatic rings. The quantitative estimate of drug-likeness (QED) is 0.636. The molecule has 0 saturated carbocycles. The van der Waals surface area contributed by atoms with E-state index in [4.69, 9.17) is 4.74 Å². The van der Waals surface area contributed by atoms with Crippen LogP contribution in [0.5, 0.6) is 11.5 Å². The fourth-order valence-electron chi connectivity index (χ4n) is 3.68. The summed E-state index contributed by atoms with van der Waals surface area (Å²) in [5.74, 6) is 0.786. The maximum absolute atomic E-state index is 13.1. The summed E-state index contributed by atoms with van der Waals surface area (Å²) in [5, 5.41) is 0.721. The van der Waals surface area contributed by atoms with Crippen LogP contribution < -0.4 is 15.0 Å². The molecule has 1 aliphatic carbocycles. The molecular weight excluding hydrogens is 386 g/mol. The zero-order valence-corrected chi connectivity index (χ0v) is 16.4. The third kappa shape index (κ3) is 3.48. The van der Waals surface area contributed by atoms with Gasteiger partial charge in [-0.2, -0.15) is 8.78 Å². The molecule has 1 atom stereocenters. The van der Waals surface area contributed by atoms with Gasteiger partial charge < -0.3 is 9.47 Å². The molecule has 0 N–H and O–H groups in total. The third-order valence-corrected chi connectivity index (χ3v) is 6.24. The number of rotatable bonds is 5. The Balaban J connectivity index is 1.69. The first kappa shape index (κ1) is 18.9. The van der Waals surface area contributed by atoms with Gasteiger partial charge in [0.2, 0.25) is 0 Å². The van der Waals surface area contributed by atoms with Crippen LogP contribution in [0.1, 0.15) is 29.3 Å². The molecule has 8 heteroatoms. The number of nitrogens with zero attached hydrogens (tertiary/aromatic N) is 2. The number of hydrogen-bond donors (Lipinski definition) is 0. The van der Waals surface area contributed by atoms with Crippen molar-refractivity contribution in [2.75, 3.05) is 7.11 Å². The topological polar surface area (TPSA) is 53.4 Å². The van der Waals surface area contributed by atoms with E-state index in [2.05, 4.69) is 16.6 Å². The molecule has 2 aromatic heterocycles. The summed E-state index contributed by atoms with van der Waals surface area (Å²) < 4.78 is 36.1. The van der Waals surface area contributed by atoms with Crippen LogP contribution >= 0.6 is 11.3 Å². The number of thiophene rings is 1. The molecule has 5 nitrogen and oxygen atoms in total. The first-order chi connectivity index (χ1) is 13.5. The number of halogens is 2. The van der Waals surface area contributed by atoms with Crippen molar-refractivity contribution in [3.63, 3.8) is 0 Å². The number of aromatic nitrogens is 2. The lowest BCUT2D eigenvalue weighted by atomic mass is 9.89. The van der Waals surface area contributed by atoms with Crippen LogP contribution in [-0.4, -0.2) is 23.3 Å². The molecule has 0 bridgehead atoms. The Bertz CT molecular complexity index is 1080. The predicted molar refractivity (Wildman–Crippen MR) is 104 cm³/mol. The smallest absolute Gasteiger partial charge is 0.387 e. The lowest BCUT2D eigenvalue weighted by Gasteiger charge is -2.17. The average Bonchev–Trinajstić information content (AvgIpc) is 3.02. The monoisotopic (exact) mass is 406 g/mol. The molecule has 0 saturated heterocycles. The summed E-state index contributed by atoms with van der Waals surface area (Å²) in [6.07, 6.45) is 4.53. The van der Waals surface area contributed by atoms with Crippen LogP contribution in [0, 0.1) is 5.92 Å². The number of benzene rings is 1. The zero-order chi connectivity index (χ0) is 19.8. The van der Waals surface area contributed by atoms with Gasteiger partial charge in [0.05, 0.1) is 25.4 Å². The first-order valence-corrected chi connectivity index (χ1v) is 9.89. The van der Waals surface area contributed by atoms with E-state index in [1.807, 2.05) is 0 Å². The van der Waals surface area contributed by atoms with E-state index in [1.54, 1.807) is 34.4 Å². The van der Waals surface area contributed by atoms with Crippen LogP contribution in [0.4, 0.5) is 8.78 Å².